The maximum atomic E-state index is 13.1. The molecule has 4 nitrogen and oxygen atoms in total. The van der Waals surface area contributed by atoms with Crippen molar-refractivity contribution < 1.29 is 13.9 Å². The van der Waals surface area contributed by atoms with E-state index in [-0.39, 0.29) is 18.5 Å². The highest BCUT2D eigenvalue weighted by Crippen LogP contribution is 2.29. The summed E-state index contributed by atoms with van der Waals surface area (Å²) in [6, 6.07) is 6.68. The van der Waals surface area contributed by atoms with Gasteiger partial charge in [0.2, 0.25) is 0 Å². The van der Waals surface area contributed by atoms with Gasteiger partial charge < -0.3 is 15.2 Å². The van der Waals surface area contributed by atoms with Gasteiger partial charge in [0, 0.05) is 29.4 Å². The van der Waals surface area contributed by atoms with Gasteiger partial charge in [-0.2, -0.15) is 0 Å². The Morgan fingerprint density at radius 2 is 2.10 bits per heavy atom. The van der Waals surface area contributed by atoms with E-state index in [4.69, 9.17) is 15.2 Å². The molecule has 20 heavy (non-hydrogen) atoms. The zero-order valence-electron chi connectivity index (χ0n) is 11.5. The Morgan fingerprint density at radius 1 is 1.30 bits per heavy atom. The average Bonchev–Trinajstić information content (AvgIpc) is 2.44. The minimum absolute atomic E-state index is 0.165. The van der Waals surface area contributed by atoms with E-state index in [9.17, 15) is 4.39 Å². The number of aromatic nitrogens is 1. The predicted molar refractivity (Wildman–Crippen MR) is 74.1 cm³/mol. The number of benzene rings is 1. The van der Waals surface area contributed by atoms with Gasteiger partial charge in [-0.1, -0.05) is 6.07 Å². The van der Waals surface area contributed by atoms with Crippen LogP contribution in [0.1, 0.15) is 24.1 Å². The van der Waals surface area contributed by atoms with Gasteiger partial charge in [0.15, 0.2) is 0 Å². The molecule has 0 spiro atoms. The highest BCUT2D eigenvalue weighted by molar-refractivity contribution is 5.42. The molecule has 2 rings (SSSR count). The molecule has 0 amide bonds. The van der Waals surface area contributed by atoms with E-state index in [1.165, 1.54) is 6.07 Å². The Morgan fingerprint density at radius 3 is 2.75 bits per heavy atom. The highest BCUT2D eigenvalue weighted by atomic mass is 19.1. The van der Waals surface area contributed by atoms with E-state index in [2.05, 4.69) is 4.98 Å². The third-order valence-corrected chi connectivity index (χ3v) is 2.87. The number of nitrogens with zero attached hydrogens (tertiary/aromatic N) is 1. The summed E-state index contributed by atoms with van der Waals surface area (Å²) in [5.41, 5.74) is 7.43. The summed E-state index contributed by atoms with van der Waals surface area (Å²) >= 11 is 0. The molecule has 5 heteroatoms. The van der Waals surface area contributed by atoms with Crippen LogP contribution in [0.5, 0.6) is 11.5 Å². The molecule has 0 saturated heterocycles. The number of hydrogen-bond acceptors (Lipinski definition) is 4. The topological polar surface area (TPSA) is 57.4 Å². The first-order chi connectivity index (χ1) is 9.60. The lowest BCUT2D eigenvalue weighted by Crippen LogP contribution is -2.08. The van der Waals surface area contributed by atoms with Crippen molar-refractivity contribution in [1.29, 1.82) is 0 Å². The Kier molecular flexibility index (Phi) is 4.53. The van der Waals surface area contributed by atoms with Crippen molar-refractivity contribution in [2.24, 2.45) is 5.73 Å². The molecule has 0 aliphatic rings. The Labute approximate surface area is 117 Å². The van der Waals surface area contributed by atoms with Crippen molar-refractivity contribution in [3.63, 3.8) is 0 Å². The molecule has 0 bridgehead atoms. The molecular formula is C15H17FN2O2. The molecule has 0 fully saturated rings. The second-order valence-corrected chi connectivity index (χ2v) is 4.49. The Bertz CT molecular complexity index is 588. The summed E-state index contributed by atoms with van der Waals surface area (Å²) in [6.07, 6.45) is 2.72. The second kappa shape index (κ2) is 6.34. The van der Waals surface area contributed by atoms with E-state index in [0.717, 1.165) is 11.8 Å². The molecular weight excluding hydrogens is 259 g/mol. The van der Waals surface area contributed by atoms with E-state index in [0.29, 0.717) is 17.1 Å². The standard InChI is InChI=1S/C15H17FN2O2/c1-10(17)14-4-3-13(19-2)6-15(14)20-9-11-5-12(16)8-18-7-11/h3-8,10H,9,17H2,1-2H3. The van der Waals surface area contributed by atoms with Crippen LogP contribution in [0.15, 0.2) is 36.7 Å². The van der Waals surface area contributed by atoms with Gasteiger partial charge in [-0.15, -0.1) is 0 Å². The Hall–Kier alpha value is -2.14. The average molecular weight is 276 g/mol. The van der Waals surface area contributed by atoms with Crippen molar-refractivity contribution >= 4 is 0 Å². The van der Waals surface area contributed by atoms with Crippen molar-refractivity contribution in [1.82, 2.24) is 4.98 Å². The van der Waals surface area contributed by atoms with Crippen LogP contribution in [-0.2, 0) is 6.61 Å². The van der Waals surface area contributed by atoms with Gasteiger partial charge >= 0.3 is 0 Å². The highest BCUT2D eigenvalue weighted by Gasteiger charge is 2.10. The lowest BCUT2D eigenvalue weighted by molar-refractivity contribution is 0.298. The van der Waals surface area contributed by atoms with Crippen molar-refractivity contribution in [3.05, 3.63) is 53.6 Å². The largest absolute Gasteiger partial charge is 0.497 e. The lowest BCUT2D eigenvalue weighted by atomic mass is 10.1. The number of rotatable bonds is 5. The number of halogens is 1. The zero-order chi connectivity index (χ0) is 14.5. The van der Waals surface area contributed by atoms with Crippen LogP contribution in [0, 0.1) is 5.82 Å². The molecule has 1 unspecified atom stereocenters. The smallest absolute Gasteiger partial charge is 0.141 e. The number of ether oxygens (including phenoxy) is 2. The molecule has 1 aromatic carbocycles. The molecule has 1 atom stereocenters. The zero-order valence-corrected chi connectivity index (χ0v) is 11.5. The normalized spacial score (nSPS) is 12.0. The number of hydrogen-bond donors (Lipinski definition) is 1. The summed E-state index contributed by atoms with van der Waals surface area (Å²) in [4.78, 5) is 3.78. The van der Waals surface area contributed by atoms with E-state index < -0.39 is 0 Å². The van der Waals surface area contributed by atoms with Crippen molar-refractivity contribution in [2.75, 3.05) is 7.11 Å². The summed E-state index contributed by atoms with van der Waals surface area (Å²) in [7, 11) is 1.58. The second-order valence-electron chi connectivity index (χ2n) is 4.49. The van der Waals surface area contributed by atoms with Crippen LogP contribution in [0.4, 0.5) is 4.39 Å². The number of methoxy groups -OCH3 is 1. The molecule has 1 heterocycles. The van der Waals surface area contributed by atoms with Gasteiger partial charge in [-0.3, -0.25) is 4.98 Å². The van der Waals surface area contributed by atoms with Gasteiger partial charge in [0.25, 0.3) is 0 Å². The monoisotopic (exact) mass is 276 g/mol. The van der Waals surface area contributed by atoms with Crippen molar-refractivity contribution in [2.45, 2.75) is 19.6 Å². The van der Waals surface area contributed by atoms with Crippen molar-refractivity contribution in [3.8, 4) is 11.5 Å². The molecule has 106 valence electrons. The Balaban J connectivity index is 2.19. The van der Waals surface area contributed by atoms with Gasteiger partial charge in [0.1, 0.15) is 23.9 Å². The molecule has 1 aromatic heterocycles. The maximum Gasteiger partial charge on any atom is 0.141 e. The summed E-state index contributed by atoms with van der Waals surface area (Å²) in [5, 5.41) is 0. The van der Waals surface area contributed by atoms with Crippen LogP contribution in [0.3, 0.4) is 0 Å². The maximum absolute atomic E-state index is 13.1. The van der Waals surface area contributed by atoms with Crippen LogP contribution in [0.2, 0.25) is 0 Å². The lowest BCUT2D eigenvalue weighted by Gasteiger charge is -2.15. The third-order valence-electron chi connectivity index (χ3n) is 2.87. The van der Waals surface area contributed by atoms with Gasteiger partial charge in [-0.25, -0.2) is 4.39 Å². The van der Waals surface area contributed by atoms with Crippen LogP contribution < -0.4 is 15.2 Å². The van der Waals surface area contributed by atoms with E-state index in [1.54, 1.807) is 19.4 Å². The fourth-order valence-electron chi connectivity index (χ4n) is 1.84. The fourth-order valence-corrected chi connectivity index (χ4v) is 1.84. The van der Waals surface area contributed by atoms with Crippen LogP contribution >= 0.6 is 0 Å². The third kappa shape index (κ3) is 3.45. The molecule has 0 aliphatic heterocycles. The first-order valence-electron chi connectivity index (χ1n) is 6.26. The minimum Gasteiger partial charge on any atom is -0.497 e. The minimum atomic E-state index is -0.385. The first-order valence-corrected chi connectivity index (χ1v) is 6.26. The van der Waals surface area contributed by atoms with Crippen LogP contribution in [0.25, 0.3) is 0 Å². The van der Waals surface area contributed by atoms with Crippen LogP contribution in [-0.4, -0.2) is 12.1 Å². The number of pyridine rings is 1. The fraction of sp³-hybridized carbons (Fsp3) is 0.267. The first kappa shape index (κ1) is 14.3. The SMILES string of the molecule is COc1ccc(C(C)N)c(OCc2cncc(F)c2)c1. The van der Waals surface area contributed by atoms with Gasteiger partial charge in [-0.05, 0) is 19.1 Å². The quantitative estimate of drug-likeness (QED) is 0.912. The summed E-state index contributed by atoms with van der Waals surface area (Å²) < 4.78 is 23.9. The molecule has 2 N–H and O–H groups in total. The summed E-state index contributed by atoms with van der Waals surface area (Å²) in [6.45, 7) is 2.09. The predicted octanol–water partition coefficient (Wildman–Crippen LogP) is 2.83. The summed E-state index contributed by atoms with van der Waals surface area (Å²) in [5.74, 6) is 0.925. The van der Waals surface area contributed by atoms with E-state index in [1.807, 2.05) is 19.1 Å². The number of nitrogens with two attached hydrogens (primary N) is 1. The van der Waals surface area contributed by atoms with E-state index >= 15 is 0 Å². The molecule has 0 radical (unpaired) electrons. The van der Waals surface area contributed by atoms with Gasteiger partial charge in [0.05, 0.1) is 13.3 Å². The molecule has 2 aromatic rings. The molecule has 0 aliphatic carbocycles. The molecule has 0 saturated carbocycles.